The van der Waals surface area contributed by atoms with E-state index in [4.69, 9.17) is 9.05 Å². The second-order valence-electron chi connectivity index (χ2n) is 5.36. The zero-order valence-corrected chi connectivity index (χ0v) is 14.3. The summed E-state index contributed by atoms with van der Waals surface area (Å²) < 4.78 is 23.6. The first-order valence-electron chi connectivity index (χ1n) is 7.40. The molecule has 0 unspecified atom stereocenters. The molecule has 0 radical (unpaired) electrons. The molecule has 0 aliphatic carbocycles. The molecule has 0 spiro atoms. The van der Waals surface area contributed by atoms with Gasteiger partial charge in [-0.3, -0.25) is 4.57 Å². The molecule has 0 bridgehead atoms. The number of hydrogen-bond acceptors (Lipinski definition) is 3. The third-order valence-corrected chi connectivity index (χ3v) is 6.02. The Hall–Kier alpha value is -1.93. The minimum atomic E-state index is -3.36. The Morgan fingerprint density at radius 1 is 0.826 bits per heavy atom. The van der Waals surface area contributed by atoms with Crippen molar-refractivity contribution in [2.45, 2.75) is 6.92 Å². The van der Waals surface area contributed by atoms with Crippen molar-refractivity contribution in [1.82, 2.24) is 0 Å². The average molecular weight is 326 g/mol. The highest BCUT2D eigenvalue weighted by atomic mass is 31.2. The Labute approximate surface area is 136 Å². The van der Waals surface area contributed by atoms with Crippen LogP contribution in [-0.2, 0) is 13.6 Å². The van der Waals surface area contributed by atoms with Crippen molar-refractivity contribution in [3.63, 3.8) is 0 Å². The van der Waals surface area contributed by atoms with Crippen LogP contribution in [0, 0.1) is 6.92 Å². The van der Waals surface area contributed by atoms with Crippen molar-refractivity contribution in [2.75, 3.05) is 14.2 Å². The van der Waals surface area contributed by atoms with Gasteiger partial charge in [0.2, 0.25) is 0 Å². The first kappa shape index (κ1) is 15.9. The van der Waals surface area contributed by atoms with Gasteiger partial charge in [-0.2, -0.15) is 0 Å². The van der Waals surface area contributed by atoms with Crippen LogP contribution < -0.4 is 5.30 Å². The topological polar surface area (TPSA) is 35.5 Å². The molecule has 0 heterocycles. The van der Waals surface area contributed by atoms with Crippen molar-refractivity contribution in [3.05, 3.63) is 66.2 Å². The number of benzene rings is 3. The summed E-state index contributed by atoms with van der Waals surface area (Å²) in [5.74, 6) is 0. The van der Waals surface area contributed by atoms with Gasteiger partial charge in [-0.25, -0.2) is 0 Å². The molecule has 3 aromatic rings. The maximum atomic E-state index is 13.1. The Kier molecular flexibility index (Phi) is 4.36. The third kappa shape index (κ3) is 2.72. The second kappa shape index (κ2) is 6.29. The minimum absolute atomic E-state index is 0.593. The van der Waals surface area contributed by atoms with E-state index >= 15 is 0 Å². The van der Waals surface area contributed by atoms with Crippen LogP contribution >= 0.6 is 7.60 Å². The lowest BCUT2D eigenvalue weighted by atomic mass is 9.95. The first-order valence-corrected chi connectivity index (χ1v) is 8.95. The van der Waals surface area contributed by atoms with Crippen LogP contribution in [0.3, 0.4) is 0 Å². The molecule has 118 valence electrons. The number of aryl methyl sites for hydroxylation is 1. The molecular formula is C19H19O3P. The fourth-order valence-electron chi connectivity index (χ4n) is 2.90. The predicted octanol–water partition coefficient (Wildman–Crippen LogP) is 4.93. The summed E-state index contributed by atoms with van der Waals surface area (Å²) >= 11 is 0. The van der Waals surface area contributed by atoms with Crippen LogP contribution in [0.25, 0.3) is 21.9 Å². The number of fused-ring (bicyclic) bond motifs is 1. The van der Waals surface area contributed by atoms with E-state index in [1.54, 1.807) is 0 Å². The average Bonchev–Trinajstić information content (AvgIpc) is 2.60. The van der Waals surface area contributed by atoms with Crippen LogP contribution in [-0.4, -0.2) is 14.2 Å². The van der Waals surface area contributed by atoms with Gasteiger partial charge < -0.3 is 9.05 Å². The van der Waals surface area contributed by atoms with E-state index in [2.05, 4.69) is 0 Å². The summed E-state index contributed by atoms with van der Waals surface area (Å²) in [4.78, 5) is 0. The highest BCUT2D eigenvalue weighted by Crippen LogP contribution is 2.49. The summed E-state index contributed by atoms with van der Waals surface area (Å²) in [5, 5.41) is 2.72. The fourth-order valence-corrected chi connectivity index (χ4v) is 4.21. The molecule has 4 heteroatoms. The van der Waals surface area contributed by atoms with Gasteiger partial charge in [0.05, 0.1) is 5.30 Å². The van der Waals surface area contributed by atoms with E-state index in [9.17, 15) is 4.57 Å². The normalized spacial score (nSPS) is 11.8. The molecule has 0 aliphatic rings. The van der Waals surface area contributed by atoms with Crippen LogP contribution in [0.2, 0.25) is 0 Å². The van der Waals surface area contributed by atoms with Gasteiger partial charge in [0.15, 0.2) is 0 Å². The lowest BCUT2D eigenvalue weighted by Crippen LogP contribution is -2.12. The molecule has 0 fully saturated rings. The quantitative estimate of drug-likeness (QED) is 0.638. The van der Waals surface area contributed by atoms with E-state index in [1.807, 2.05) is 67.6 Å². The monoisotopic (exact) mass is 326 g/mol. The Balaban J connectivity index is 2.45. The minimum Gasteiger partial charge on any atom is -0.309 e. The highest BCUT2D eigenvalue weighted by molar-refractivity contribution is 7.62. The summed E-state index contributed by atoms with van der Waals surface area (Å²) in [6.07, 6.45) is 0. The van der Waals surface area contributed by atoms with E-state index in [0.29, 0.717) is 5.30 Å². The molecule has 0 aliphatic heterocycles. The number of hydrogen-bond donors (Lipinski definition) is 0. The van der Waals surface area contributed by atoms with Gasteiger partial charge in [-0.05, 0) is 34.9 Å². The van der Waals surface area contributed by atoms with E-state index in [0.717, 1.165) is 27.5 Å². The molecule has 0 saturated carbocycles. The molecule has 0 aromatic heterocycles. The molecule has 0 amide bonds. The SMILES string of the molecule is COP(=O)(OC)c1ccc2ccccc2c1-c1ccccc1C. The molecular weight excluding hydrogens is 307 g/mol. The van der Waals surface area contributed by atoms with Gasteiger partial charge in [0, 0.05) is 19.8 Å². The predicted molar refractivity (Wildman–Crippen MR) is 95.4 cm³/mol. The van der Waals surface area contributed by atoms with Gasteiger partial charge in [-0.15, -0.1) is 0 Å². The standard InChI is InChI=1S/C19H19O3P/c1-14-8-4-6-10-16(14)19-17-11-7-5-9-15(17)12-13-18(19)23(20,21-2)22-3/h4-13H,1-3H3. The molecule has 23 heavy (non-hydrogen) atoms. The maximum Gasteiger partial charge on any atom is 0.361 e. The summed E-state index contributed by atoms with van der Waals surface area (Å²) in [6, 6.07) is 19.9. The summed E-state index contributed by atoms with van der Waals surface area (Å²) in [5.41, 5.74) is 3.06. The van der Waals surface area contributed by atoms with Crippen molar-refractivity contribution < 1.29 is 13.6 Å². The van der Waals surface area contributed by atoms with Gasteiger partial charge in [-0.1, -0.05) is 54.6 Å². The highest BCUT2D eigenvalue weighted by Gasteiger charge is 2.29. The molecule has 0 atom stereocenters. The summed E-state index contributed by atoms with van der Waals surface area (Å²) in [6.45, 7) is 2.05. The molecule has 3 nitrogen and oxygen atoms in total. The first-order chi connectivity index (χ1) is 11.1. The van der Waals surface area contributed by atoms with Crippen LogP contribution in [0.15, 0.2) is 60.7 Å². The zero-order valence-electron chi connectivity index (χ0n) is 13.4. The molecule has 0 saturated heterocycles. The number of rotatable bonds is 4. The van der Waals surface area contributed by atoms with Gasteiger partial charge >= 0.3 is 7.60 Å². The van der Waals surface area contributed by atoms with E-state index < -0.39 is 7.60 Å². The smallest absolute Gasteiger partial charge is 0.309 e. The van der Waals surface area contributed by atoms with Crippen molar-refractivity contribution in [2.24, 2.45) is 0 Å². The summed E-state index contributed by atoms with van der Waals surface area (Å²) in [7, 11) is -0.525. The lowest BCUT2D eigenvalue weighted by molar-refractivity contribution is 0.287. The third-order valence-electron chi connectivity index (χ3n) is 4.10. The Bertz CT molecular complexity index is 894. The Morgan fingerprint density at radius 3 is 2.17 bits per heavy atom. The van der Waals surface area contributed by atoms with Crippen molar-refractivity contribution in [3.8, 4) is 11.1 Å². The lowest BCUT2D eigenvalue weighted by Gasteiger charge is -2.20. The second-order valence-corrected chi connectivity index (χ2v) is 7.57. The molecule has 3 rings (SSSR count). The van der Waals surface area contributed by atoms with Crippen molar-refractivity contribution >= 4 is 23.7 Å². The van der Waals surface area contributed by atoms with Crippen molar-refractivity contribution in [1.29, 1.82) is 0 Å². The van der Waals surface area contributed by atoms with E-state index in [1.165, 1.54) is 14.2 Å². The van der Waals surface area contributed by atoms with Crippen LogP contribution in [0.1, 0.15) is 5.56 Å². The van der Waals surface area contributed by atoms with Crippen LogP contribution in [0.4, 0.5) is 0 Å². The fraction of sp³-hybridized carbons (Fsp3) is 0.158. The van der Waals surface area contributed by atoms with Crippen LogP contribution in [0.5, 0.6) is 0 Å². The maximum absolute atomic E-state index is 13.1. The Morgan fingerprint density at radius 2 is 1.48 bits per heavy atom. The van der Waals surface area contributed by atoms with Gasteiger partial charge in [0.1, 0.15) is 0 Å². The van der Waals surface area contributed by atoms with Gasteiger partial charge in [0.25, 0.3) is 0 Å². The molecule has 0 N–H and O–H groups in total. The zero-order chi connectivity index (χ0) is 16.4. The molecule has 3 aromatic carbocycles. The van der Waals surface area contributed by atoms with E-state index in [-0.39, 0.29) is 0 Å². The largest absolute Gasteiger partial charge is 0.361 e.